The summed E-state index contributed by atoms with van der Waals surface area (Å²) in [6.45, 7) is 2.90. The summed E-state index contributed by atoms with van der Waals surface area (Å²) in [5.41, 5.74) is 3.05. The standard InChI is InChI=1S/C21H23N3O2/c25-20-15-23(21(26)17-10-11-22-14-17)12-13-24(20)19-9-5-4-8-18(19)16-6-2-1-3-7-16/h1-9,17,22H,10-15H2/t17-/m1/s1. The fourth-order valence-electron chi connectivity index (χ4n) is 3.81. The molecule has 0 saturated carbocycles. The van der Waals surface area contributed by atoms with Crippen LogP contribution in [0.3, 0.4) is 0 Å². The highest BCUT2D eigenvalue weighted by molar-refractivity contribution is 6.01. The van der Waals surface area contributed by atoms with Crippen LogP contribution in [0, 0.1) is 5.92 Å². The molecule has 2 aromatic rings. The molecule has 2 aliphatic rings. The maximum absolute atomic E-state index is 12.8. The molecular weight excluding hydrogens is 326 g/mol. The molecule has 2 amide bonds. The smallest absolute Gasteiger partial charge is 0.246 e. The van der Waals surface area contributed by atoms with Gasteiger partial charge in [0.25, 0.3) is 0 Å². The van der Waals surface area contributed by atoms with Gasteiger partial charge in [-0.2, -0.15) is 0 Å². The molecule has 0 unspecified atom stereocenters. The lowest BCUT2D eigenvalue weighted by molar-refractivity contribution is -0.139. The van der Waals surface area contributed by atoms with Crippen molar-refractivity contribution in [3.8, 4) is 11.1 Å². The van der Waals surface area contributed by atoms with E-state index in [1.807, 2.05) is 47.4 Å². The average Bonchev–Trinajstić information content (AvgIpc) is 3.23. The summed E-state index contributed by atoms with van der Waals surface area (Å²) in [6.07, 6.45) is 0.865. The van der Waals surface area contributed by atoms with Crippen LogP contribution in [0.1, 0.15) is 6.42 Å². The van der Waals surface area contributed by atoms with E-state index in [1.165, 1.54) is 0 Å². The molecule has 0 bridgehead atoms. The number of benzene rings is 2. The van der Waals surface area contributed by atoms with Crippen LogP contribution in [0.25, 0.3) is 11.1 Å². The molecule has 1 N–H and O–H groups in total. The summed E-state index contributed by atoms with van der Waals surface area (Å²) in [6, 6.07) is 18.1. The van der Waals surface area contributed by atoms with Gasteiger partial charge in [-0.15, -0.1) is 0 Å². The maximum Gasteiger partial charge on any atom is 0.246 e. The number of amides is 2. The summed E-state index contributed by atoms with van der Waals surface area (Å²) in [5, 5.41) is 3.22. The first kappa shape index (κ1) is 16.8. The van der Waals surface area contributed by atoms with Crippen LogP contribution in [0.15, 0.2) is 54.6 Å². The molecule has 26 heavy (non-hydrogen) atoms. The molecule has 134 valence electrons. The highest BCUT2D eigenvalue weighted by atomic mass is 16.2. The summed E-state index contributed by atoms with van der Waals surface area (Å²) < 4.78 is 0. The van der Waals surface area contributed by atoms with E-state index < -0.39 is 0 Å². The van der Waals surface area contributed by atoms with E-state index in [0.29, 0.717) is 13.1 Å². The third-order valence-electron chi connectivity index (χ3n) is 5.22. The second-order valence-electron chi connectivity index (χ2n) is 6.88. The second kappa shape index (κ2) is 7.30. The molecular formula is C21H23N3O2. The lowest BCUT2D eigenvalue weighted by atomic mass is 10.0. The Hall–Kier alpha value is -2.66. The molecule has 2 heterocycles. The Bertz CT molecular complexity index is 800. The minimum absolute atomic E-state index is 0.0149. The fraction of sp³-hybridized carbons (Fsp3) is 0.333. The molecule has 2 saturated heterocycles. The zero-order valence-electron chi connectivity index (χ0n) is 14.7. The van der Waals surface area contributed by atoms with Crippen molar-refractivity contribution in [2.75, 3.05) is 37.6 Å². The van der Waals surface area contributed by atoms with Crippen molar-refractivity contribution in [2.24, 2.45) is 5.92 Å². The SMILES string of the molecule is O=C([C@@H]1CCNC1)N1CCN(c2ccccc2-c2ccccc2)C(=O)C1. The number of hydrogen-bond acceptors (Lipinski definition) is 3. The number of piperazine rings is 1. The number of nitrogens with one attached hydrogen (secondary N) is 1. The Kier molecular flexibility index (Phi) is 4.71. The lowest BCUT2D eigenvalue weighted by Crippen LogP contribution is -2.54. The van der Waals surface area contributed by atoms with E-state index in [1.54, 1.807) is 4.90 Å². The summed E-state index contributed by atoms with van der Waals surface area (Å²) in [4.78, 5) is 29.0. The largest absolute Gasteiger partial charge is 0.331 e. The maximum atomic E-state index is 12.8. The van der Waals surface area contributed by atoms with Crippen molar-refractivity contribution in [3.05, 3.63) is 54.6 Å². The molecule has 2 fully saturated rings. The highest BCUT2D eigenvalue weighted by Crippen LogP contribution is 2.31. The quantitative estimate of drug-likeness (QED) is 0.924. The summed E-state index contributed by atoms with van der Waals surface area (Å²) >= 11 is 0. The predicted octanol–water partition coefficient (Wildman–Crippen LogP) is 2.14. The van der Waals surface area contributed by atoms with E-state index in [4.69, 9.17) is 0 Å². The van der Waals surface area contributed by atoms with Crippen LogP contribution < -0.4 is 10.2 Å². The highest BCUT2D eigenvalue weighted by Gasteiger charge is 2.33. The van der Waals surface area contributed by atoms with Crippen molar-refractivity contribution in [1.29, 1.82) is 0 Å². The van der Waals surface area contributed by atoms with Gasteiger partial charge < -0.3 is 15.1 Å². The first-order valence-electron chi connectivity index (χ1n) is 9.18. The van der Waals surface area contributed by atoms with E-state index in [-0.39, 0.29) is 24.3 Å². The van der Waals surface area contributed by atoms with E-state index in [2.05, 4.69) is 17.4 Å². The second-order valence-corrected chi connectivity index (χ2v) is 6.88. The Morgan fingerprint density at radius 1 is 1.00 bits per heavy atom. The van der Waals surface area contributed by atoms with Crippen molar-refractivity contribution >= 4 is 17.5 Å². The van der Waals surface area contributed by atoms with E-state index >= 15 is 0 Å². The van der Waals surface area contributed by atoms with Gasteiger partial charge in [0, 0.05) is 25.2 Å². The number of rotatable bonds is 3. The molecule has 0 radical (unpaired) electrons. The lowest BCUT2D eigenvalue weighted by Gasteiger charge is -2.36. The minimum Gasteiger partial charge on any atom is -0.331 e. The van der Waals surface area contributed by atoms with Gasteiger partial charge in [-0.1, -0.05) is 48.5 Å². The van der Waals surface area contributed by atoms with Crippen molar-refractivity contribution in [1.82, 2.24) is 10.2 Å². The number of carbonyl (C=O) groups excluding carboxylic acids is 2. The van der Waals surface area contributed by atoms with E-state index in [9.17, 15) is 9.59 Å². The van der Waals surface area contributed by atoms with Gasteiger partial charge in [-0.25, -0.2) is 0 Å². The average molecular weight is 349 g/mol. The monoisotopic (exact) mass is 349 g/mol. The van der Waals surface area contributed by atoms with Gasteiger partial charge in [-0.3, -0.25) is 9.59 Å². The Labute approximate surface area is 153 Å². The summed E-state index contributed by atoms with van der Waals surface area (Å²) in [5.74, 6) is 0.115. The van der Waals surface area contributed by atoms with Crippen LogP contribution in [0.2, 0.25) is 0 Å². The zero-order chi connectivity index (χ0) is 17.9. The number of hydrogen-bond donors (Lipinski definition) is 1. The van der Waals surface area contributed by atoms with Crippen LogP contribution >= 0.6 is 0 Å². The van der Waals surface area contributed by atoms with Gasteiger partial charge in [0.2, 0.25) is 11.8 Å². The first-order chi connectivity index (χ1) is 12.7. The topological polar surface area (TPSA) is 52.7 Å². The van der Waals surface area contributed by atoms with Crippen molar-refractivity contribution in [2.45, 2.75) is 6.42 Å². The summed E-state index contributed by atoms with van der Waals surface area (Å²) in [7, 11) is 0. The molecule has 1 atom stereocenters. The number of nitrogens with zero attached hydrogens (tertiary/aromatic N) is 2. The third kappa shape index (κ3) is 3.22. The van der Waals surface area contributed by atoms with E-state index in [0.717, 1.165) is 36.3 Å². The Morgan fingerprint density at radius 2 is 1.77 bits per heavy atom. The van der Waals surface area contributed by atoms with Gasteiger partial charge >= 0.3 is 0 Å². The third-order valence-corrected chi connectivity index (χ3v) is 5.22. The number of carbonyl (C=O) groups is 2. The minimum atomic E-state index is -0.0149. The molecule has 2 aromatic carbocycles. The normalized spacial score (nSPS) is 20.5. The van der Waals surface area contributed by atoms with Crippen LogP contribution in [0.5, 0.6) is 0 Å². The zero-order valence-corrected chi connectivity index (χ0v) is 14.7. The number of anilines is 1. The van der Waals surface area contributed by atoms with Crippen LogP contribution in [0.4, 0.5) is 5.69 Å². The Morgan fingerprint density at radius 3 is 2.50 bits per heavy atom. The van der Waals surface area contributed by atoms with Crippen molar-refractivity contribution in [3.63, 3.8) is 0 Å². The van der Waals surface area contributed by atoms with Gasteiger partial charge in [0.1, 0.15) is 6.54 Å². The van der Waals surface area contributed by atoms with Crippen LogP contribution in [-0.2, 0) is 9.59 Å². The van der Waals surface area contributed by atoms with Gasteiger partial charge in [0.05, 0.1) is 11.6 Å². The Balaban J connectivity index is 1.54. The molecule has 0 aliphatic carbocycles. The predicted molar refractivity (Wildman–Crippen MR) is 102 cm³/mol. The molecule has 5 nitrogen and oxygen atoms in total. The fourth-order valence-corrected chi connectivity index (χ4v) is 3.81. The van der Waals surface area contributed by atoms with Gasteiger partial charge in [0.15, 0.2) is 0 Å². The number of para-hydroxylation sites is 1. The molecule has 0 spiro atoms. The molecule has 2 aliphatic heterocycles. The molecule has 5 heteroatoms. The van der Waals surface area contributed by atoms with Crippen molar-refractivity contribution < 1.29 is 9.59 Å². The van der Waals surface area contributed by atoms with Crippen LogP contribution in [-0.4, -0.2) is 49.4 Å². The molecule has 4 rings (SSSR count). The van der Waals surface area contributed by atoms with Gasteiger partial charge in [-0.05, 0) is 24.6 Å². The first-order valence-corrected chi connectivity index (χ1v) is 9.18. The molecule has 0 aromatic heterocycles.